The maximum Gasteiger partial charge on any atom is 0.0963 e. The van der Waals surface area contributed by atoms with Gasteiger partial charge in [0.2, 0.25) is 0 Å². The van der Waals surface area contributed by atoms with Crippen LogP contribution in [0.15, 0.2) is 4.99 Å². The molecule has 0 bridgehead atoms. The van der Waals surface area contributed by atoms with Crippen molar-refractivity contribution < 1.29 is 0 Å². The Morgan fingerprint density at radius 2 is 1.68 bits per heavy atom. The standard InChI is InChI=1S/C12H26N4.3ClH/c13-7-4-8-14-9-5-11-16-12-6-2-1-3-10-15-12;;;/h14H,1-11,13H2,(H,15,16);3*1H. The third-order valence-corrected chi connectivity index (χ3v) is 2.79. The first-order chi connectivity index (χ1) is 7.93. The molecule has 0 aliphatic carbocycles. The lowest BCUT2D eigenvalue weighted by molar-refractivity contribution is 0.619. The summed E-state index contributed by atoms with van der Waals surface area (Å²) in [6, 6.07) is 0. The first-order valence-electron chi connectivity index (χ1n) is 6.61. The van der Waals surface area contributed by atoms with E-state index in [-0.39, 0.29) is 37.2 Å². The van der Waals surface area contributed by atoms with E-state index < -0.39 is 0 Å². The number of rotatable bonds is 7. The highest BCUT2D eigenvalue weighted by molar-refractivity contribution is 5.86. The maximum absolute atomic E-state index is 5.41. The molecular weight excluding hydrogens is 307 g/mol. The molecule has 7 heteroatoms. The van der Waals surface area contributed by atoms with Crippen LogP contribution in [0.4, 0.5) is 0 Å². The van der Waals surface area contributed by atoms with Crippen LogP contribution in [0, 0.1) is 0 Å². The average Bonchev–Trinajstić information content (AvgIpc) is 2.56. The van der Waals surface area contributed by atoms with Crippen LogP contribution in [-0.2, 0) is 0 Å². The smallest absolute Gasteiger partial charge is 0.0963 e. The summed E-state index contributed by atoms with van der Waals surface area (Å²) in [6.45, 7) is 4.94. The molecule has 4 N–H and O–H groups in total. The van der Waals surface area contributed by atoms with Crippen LogP contribution in [-0.4, -0.2) is 38.6 Å². The second kappa shape index (κ2) is 18.3. The van der Waals surface area contributed by atoms with Crippen molar-refractivity contribution in [2.45, 2.75) is 38.5 Å². The SMILES string of the molecule is Cl.Cl.Cl.NCCCNCCCNC1=NCCCCC1. The van der Waals surface area contributed by atoms with Gasteiger partial charge in [-0.05, 0) is 45.3 Å². The molecule has 0 unspecified atom stereocenters. The number of hydrogen-bond acceptors (Lipinski definition) is 4. The highest BCUT2D eigenvalue weighted by Gasteiger charge is 2.02. The molecule has 1 aliphatic heterocycles. The summed E-state index contributed by atoms with van der Waals surface area (Å²) in [4.78, 5) is 4.54. The second-order valence-corrected chi connectivity index (χ2v) is 4.31. The number of hydrogen-bond donors (Lipinski definition) is 3. The molecule has 0 aromatic heterocycles. The van der Waals surface area contributed by atoms with Crippen LogP contribution in [0.5, 0.6) is 0 Å². The number of nitrogens with zero attached hydrogens (tertiary/aromatic N) is 1. The molecule has 1 heterocycles. The van der Waals surface area contributed by atoms with Gasteiger partial charge in [-0.3, -0.25) is 4.99 Å². The molecule has 0 aromatic carbocycles. The van der Waals surface area contributed by atoms with Gasteiger partial charge in [-0.1, -0.05) is 6.42 Å². The molecule has 1 aliphatic rings. The van der Waals surface area contributed by atoms with Crippen molar-refractivity contribution in [3.8, 4) is 0 Å². The predicted molar refractivity (Wildman–Crippen MR) is 91.7 cm³/mol. The Bertz CT molecular complexity index is 203. The Balaban J connectivity index is -0.000000853. The van der Waals surface area contributed by atoms with Gasteiger partial charge in [-0.2, -0.15) is 0 Å². The first kappa shape index (κ1) is 24.3. The van der Waals surface area contributed by atoms with E-state index in [1.807, 2.05) is 0 Å². The van der Waals surface area contributed by atoms with Crippen LogP contribution in [0.1, 0.15) is 38.5 Å². The third kappa shape index (κ3) is 14.5. The van der Waals surface area contributed by atoms with Crippen LogP contribution < -0.4 is 16.4 Å². The fourth-order valence-electron chi connectivity index (χ4n) is 1.82. The molecule has 19 heavy (non-hydrogen) atoms. The summed E-state index contributed by atoms with van der Waals surface area (Å²) in [6.07, 6.45) is 7.24. The van der Waals surface area contributed by atoms with Gasteiger partial charge in [0.1, 0.15) is 0 Å². The second-order valence-electron chi connectivity index (χ2n) is 4.31. The predicted octanol–water partition coefficient (Wildman–Crippen LogP) is 2.14. The van der Waals surface area contributed by atoms with Crippen LogP contribution in [0.3, 0.4) is 0 Å². The Morgan fingerprint density at radius 1 is 0.947 bits per heavy atom. The third-order valence-electron chi connectivity index (χ3n) is 2.79. The number of nitrogens with two attached hydrogens (primary N) is 1. The van der Waals surface area contributed by atoms with Gasteiger partial charge in [-0.15, -0.1) is 37.2 Å². The minimum absolute atomic E-state index is 0. The minimum Gasteiger partial charge on any atom is -0.374 e. The van der Waals surface area contributed by atoms with Gasteiger partial charge in [0.25, 0.3) is 0 Å². The summed E-state index contributed by atoms with van der Waals surface area (Å²) in [5.74, 6) is 1.22. The van der Waals surface area contributed by atoms with E-state index in [9.17, 15) is 0 Å². The highest BCUT2D eigenvalue weighted by Crippen LogP contribution is 2.05. The Labute approximate surface area is 136 Å². The topological polar surface area (TPSA) is 62.4 Å². The van der Waals surface area contributed by atoms with Crippen molar-refractivity contribution in [3.05, 3.63) is 0 Å². The molecule has 0 fully saturated rings. The zero-order valence-corrected chi connectivity index (χ0v) is 14.0. The molecule has 1 rings (SSSR count). The molecular formula is C12H29Cl3N4. The Kier molecular flexibility index (Phi) is 23.3. The Morgan fingerprint density at radius 3 is 2.42 bits per heavy atom. The lowest BCUT2D eigenvalue weighted by Crippen LogP contribution is -2.28. The van der Waals surface area contributed by atoms with E-state index in [0.717, 1.165) is 52.0 Å². The minimum atomic E-state index is 0. The summed E-state index contributed by atoms with van der Waals surface area (Å²) >= 11 is 0. The van der Waals surface area contributed by atoms with Crippen molar-refractivity contribution in [2.75, 3.05) is 32.7 Å². The van der Waals surface area contributed by atoms with E-state index in [2.05, 4.69) is 15.6 Å². The lowest BCUT2D eigenvalue weighted by Gasteiger charge is -2.08. The number of aliphatic imine (C=N–C) groups is 1. The molecule has 0 atom stereocenters. The van der Waals surface area contributed by atoms with Gasteiger partial charge in [0.15, 0.2) is 0 Å². The van der Waals surface area contributed by atoms with Crippen molar-refractivity contribution in [2.24, 2.45) is 10.7 Å². The van der Waals surface area contributed by atoms with Crippen LogP contribution >= 0.6 is 37.2 Å². The van der Waals surface area contributed by atoms with Gasteiger partial charge in [0.05, 0.1) is 5.84 Å². The van der Waals surface area contributed by atoms with Crippen molar-refractivity contribution in [1.29, 1.82) is 0 Å². The number of nitrogens with one attached hydrogen (secondary N) is 2. The summed E-state index contributed by atoms with van der Waals surface area (Å²) in [7, 11) is 0. The molecule has 4 nitrogen and oxygen atoms in total. The maximum atomic E-state index is 5.41. The molecule has 0 radical (unpaired) electrons. The van der Waals surface area contributed by atoms with E-state index in [4.69, 9.17) is 5.73 Å². The number of halogens is 3. The fourth-order valence-corrected chi connectivity index (χ4v) is 1.82. The molecule has 118 valence electrons. The van der Waals surface area contributed by atoms with Gasteiger partial charge in [0, 0.05) is 19.5 Å². The summed E-state index contributed by atoms with van der Waals surface area (Å²) in [5, 5.41) is 6.81. The quantitative estimate of drug-likeness (QED) is 0.625. The molecule has 0 aromatic rings. The lowest BCUT2D eigenvalue weighted by atomic mass is 10.2. The van der Waals surface area contributed by atoms with Crippen molar-refractivity contribution >= 4 is 43.1 Å². The van der Waals surface area contributed by atoms with E-state index in [1.165, 1.54) is 25.1 Å². The number of amidine groups is 1. The van der Waals surface area contributed by atoms with E-state index in [1.54, 1.807) is 0 Å². The molecule has 0 saturated carbocycles. The zero-order valence-electron chi connectivity index (χ0n) is 11.5. The summed E-state index contributed by atoms with van der Waals surface area (Å²) < 4.78 is 0. The largest absolute Gasteiger partial charge is 0.374 e. The van der Waals surface area contributed by atoms with Gasteiger partial charge >= 0.3 is 0 Å². The van der Waals surface area contributed by atoms with E-state index in [0.29, 0.717) is 0 Å². The molecule has 0 spiro atoms. The van der Waals surface area contributed by atoms with Crippen LogP contribution in [0.25, 0.3) is 0 Å². The van der Waals surface area contributed by atoms with Crippen molar-refractivity contribution in [3.63, 3.8) is 0 Å². The summed E-state index contributed by atoms with van der Waals surface area (Å²) in [5.41, 5.74) is 5.41. The van der Waals surface area contributed by atoms with Crippen molar-refractivity contribution in [1.82, 2.24) is 10.6 Å². The Hall–Kier alpha value is 0.260. The normalized spacial score (nSPS) is 14.1. The average molecular weight is 336 g/mol. The monoisotopic (exact) mass is 334 g/mol. The molecule has 0 amide bonds. The van der Waals surface area contributed by atoms with Gasteiger partial charge in [-0.25, -0.2) is 0 Å². The van der Waals surface area contributed by atoms with Gasteiger partial charge < -0.3 is 16.4 Å². The highest BCUT2D eigenvalue weighted by atomic mass is 35.5. The van der Waals surface area contributed by atoms with Crippen LogP contribution in [0.2, 0.25) is 0 Å². The first-order valence-corrected chi connectivity index (χ1v) is 6.61. The fraction of sp³-hybridized carbons (Fsp3) is 0.917. The molecule has 0 saturated heterocycles. The van der Waals surface area contributed by atoms with E-state index >= 15 is 0 Å². The zero-order chi connectivity index (χ0) is 11.5.